The second kappa shape index (κ2) is 9.21. The summed E-state index contributed by atoms with van der Waals surface area (Å²) in [6.07, 6.45) is 6.29. The fourth-order valence-corrected chi connectivity index (χ4v) is 4.65. The number of nitrogens with one attached hydrogen (secondary N) is 3. The molecule has 7 rings (SSSR count). The van der Waals surface area contributed by atoms with Crippen LogP contribution in [0.5, 0.6) is 11.5 Å². The van der Waals surface area contributed by atoms with Crippen molar-refractivity contribution in [1.29, 1.82) is 0 Å². The lowest BCUT2D eigenvalue weighted by Gasteiger charge is -2.06. The van der Waals surface area contributed by atoms with E-state index in [1.165, 1.54) is 0 Å². The van der Waals surface area contributed by atoms with Crippen molar-refractivity contribution in [2.75, 3.05) is 12.1 Å². The molecule has 1 amide bonds. The summed E-state index contributed by atoms with van der Waals surface area (Å²) in [7, 11) is 0. The minimum atomic E-state index is -0.0457. The molecule has 0 unspecified atom stereocenters. The number of amides is 1. The van der Waals surface area contributed by atoms with E-state index in [1.54, 1.807) is 18.6 Å². The molecular weight excluding hydrogens is 496 g/mol. The monoisotopic (exact) mass is 518 g/mol. The van der Waals surface area contributed by atoms with Crippen molar-refractivity contribution in [2.45, 2.75) is 19.8 Å². The van der Waals surface area contributed by atoms with Gasteiger partial charge in [0.2, 0.25) is 12.7 Å². The number of imidazole rings is 1. The molecule has 192 valence electrons. The molecule has 1 aliphatic rings. The van der Waals surface area contributed by atoms with Crippen LogP contribution in [0.1, 0.15) is 19.8 Å². The third-order valence-corrected chi connectivity index (χ3v) is 6.50. The van der Waals surface area contributed by atoms with Crippen LogP contribution in [-0.2, 0) is 4.79 Å². The van der Waals surface area contributed by atoms with Crippen LogP contribution in [0.15, 0.2) is 61.1 Å². The van der Waals surface area contributed by atoms with Gasteiger partial charge in [-0.1, -0.05) is 13.0 Å². The van der Waals surface area contributed by atoms with Gasteiger partial charge >= 0.3 is 0 Å². The van der Waals surface area contributed by atoms with Gasteiger partial charge in [-0.2, -0.15) is 5.10 Å². The van der Waals surface area contributed by atoms with E-state index in [0.717, 1.165) is 39.9 Å². The minimum Gasteiger partial charge on any atom is -0.454 e. The Bertz CT molecular complexity index is 1880. The van der Waals surface area contributed by atoms with E-state index in [2.05, 4.69) is 30.5 Å². The van der Waals surface area contributed by atoms with E-state index >= 15 is 0 Å². The number of H-pyrrole nitrogens is 2. The molecule has 0 bridgehead atoms. The molecular formula is C28H22N8O3. The molecule has 0 saturated heterocycles. The number of ether oxygens (including phenoxy) is 2. The van der Waals surface area contributed by atoms with Crippen LogP contribution < -0.4 is 14.8 Å². The zero-order valence-electron chi connectivity index (χ0n) is 20.9. The summed E-state index contributed by atoms with van der Waals surface area (Å²) in [4.78, 5) is 33.8. The van der Waals surface area contributed by atoms with Gasteiger partial charge in [-0.05, 0) is 48.4 Å². The quantitative estimate of drug-likeness (QED) is 0.277. The zero-order valence-corrected chi connectivity index (χ0v) is 20.9. The van der Waals surface area contributed by atoms with E-state index in [4.69, 9.17) is 19.4 Å². The van der Waals surface area contributed by atoms with Crippen molar-refractivity contribution >= 4 is 33.8 Å². The average molecular weight is 519 g/mol. The number of nitrogens with zero attached hydrogens (tertiary/aromatic N) is 5. The largest absolute Gasteiger partial charge is 0.454 e. The summed E-state index contributed by atoms with van der Waals surface area (Å²) in [5, 5.41) is 10.4. The normalized spacial score (nSPS) is 12.3. The lowest BCUT2D eigenvalue weighted by atomic mass is 10.1. The molecule has 1 aromatic carbocycles. The number of fused-ring (bicyclic) bond motifs is 3. The molecule has 1 aliphatic heterocycles. The van der Waals surface area contributed by atoms with Crippen molar-refractivity contribution in [3.8, 4) is 45.4 Å². The molecule has 5 aromatic heterocycles. The summed E-state index contributed by atoms with van der Waals surface area (Å²) < 4.78 is 11.0. The van der Waals surface area contributed by atoms with E-state index in [1.807, 2.05) is 49.4 Å². The van der Waals surface area contributed by atoms with Gasteiger partial charge < -0.3 is 19.8 Å². The number of aromatic amines is 2. The molecule has 3 N–H and O–H groups in total. The van der Waals surface area contributed by atoms with Crippen LogP contribution in [-0.4, -0.2) is 47.8 Å². The maximum Gasteiger partial charge on any atom is 0.231 e. The van der Waals surface area contributed by atoms with Gasteiger partial charge in [0.25, 0.3) is 0 Å². The van der Waals surface area contributed by atoms with E-state index in [9.17, 15) is 4.79 Å². The Morgan fingerprint density at radius 2 is 1.95 bits per heavy atom. The Morgan fingerprint density at radius 3 is 2.87 bits per heavy atom. The molecule has 11 nitrogen and oxygen atoms in total. The summed E-state index contributed by atoms with van der Waals surface area (Å²) in [6.45, 7) is 2.18. The molecule has 0 spiro atoms. The first-order valence-electron chi connectivity index (χ1n) is 12.5. The average Bonchev–Trinajstić information content (AvgIpc) is 3.70. The topological polar surface area (TPSA) is 144 Å². The second-order valence-corrected chi connectivity index (χ2v) is 9.14. The van der Waals surface area contributed by atoms with E-state index in [-0.39, 0.29) is 12.7 Å². The smallest absolute Gasteiger partial charge is 0.231 e. The third-order valence-electron chi connectivity index (χ3n) is 6.50. The predicted molar refractivity (Wildman–Crippen MR) is 145 cm³/mol. The highest BCUT2D eigenvalue weighted by Gasteiger charge is 2.19. The molecule has 0 atom stereocenters. The first-order valence-corrected chi connectivity index (χ1v) is 12.5. The van der Waals surface area contributed by atoms with Gasteiger partial charge in [-0.25, -0.2) is 15.0 Å². The van der Waals surface area contributed by atoms with Gasteiger partial charge in [-0.3, -0.25) is 14.9 Å². The minimum absolute atomic E-state index is 0.0457. The lowest BCUT2D eigenvalue weighted by Crippen LogP contribution is -2.10. The van der Waals surface area contributed by atoms with Crippen LogP contribution in [0, 0.1) is 0 Å². The van der Waals surface area contributed by atoms with Crippen molar-refractivity contribution in [2.24, 2.45) is 0 Å². The molecule has 0 aliphatic carbocycles. The Morgan fingerprint density at radius 1 is 1.03 bits per heavy atom. The van der Waals surface area contributed by atoms with Crippen molar-refractivity contribution < 1.29 is 14.3 Å². The highest BCUT2D eigenvalue weighted by Crippen LogP contribution is 2.38. The van der Waals surface area contributed by atoms with Crippen molar-refractivity contribution in [3.05, 3.63) is 61.1 Å². The van der Waals surface area contributed by atoms with Crippen molar-refractivity contribution in [3.63, 3.8) is 0 Å². The van der Waals surface area contributed by atoms with Crippen LogP contribution in [0.3, 0.4) is 0 Å². The maximum absolute atomic E-state index is 12.0. The second-order valence-electron chi connectivity index (χ2n) is 9.14. The lowest BCUT2D eigenvalue weighted by molar-refractivity contribution is -0.116. The number of pyridine rings is 3. The SMILES string of the molecule is CCCC(=O)Nc1cncc(-c2ccc3[nH]nc(-c4nc5nccc(-c6ccc7c(c6)OCO7)c5[nH]4)c3n2)c1. The Labute approximate surface area is 221 Å². The first kappa shape index (κ1) is 22.8. The number of benzene rings is 1. The van der Waals surface area contributed by atoms with Crippen LogP contribution >= 0.6 is 0 Å². The van der Waals surface area contributed by atoms with Crippen molar-refractivity contribution in [1.82, 2.24) is 35.1 Å². The number of rotatable bonds is 6. The first-order chi connectivity index (χ1) is 19.2. The molecule has 6 heterocycles. The highest BCUT2D eigenvalue weighted by atomic mass is 16.7. The molecule has 0 radical (unpaired) electrons. The molecule has 11 heteroatoms. The Kier molecular flexibility index (Phi) is 5.39. The Balaban J connectivity index is 1.27. The van der Waals surface area contributed by atoms with Gasteiger partial charge in [0.05, 0.1) is 28.6 Å². The summed E-state index contributed by atoms with van der Waals surface area (Å²) in [5.41, 5.74) is 7.29. The fourth-order valence-electron chi connectivity index (χ4n) is 4.65. The van der Waals surface area contributed by atoms with Gasteiger partial charge in [0.15, 0.2) is 28.7 Å². The van der Waals surface area contributed by atoms with Crippen LogP contribution in [0.4, 0.5) is 5.69 Å². The summed E-state index contributed by atoms with van der Waals surface area (Å²) in [6, 6.07) is 13.4. The fraction of sp³-hybridized carbons (Fsp3) is 0.143. The number of carbonyl (C=O) groups excluding carboxylic acids is 1. The van der Waals surface area contributed by atoms with E-state index in [0.29, 0.717) is 46.2 Å². The van der Waals surface area contributed by atoms with Crippen LogP contribution in [0.2, 0.25) is 0 Å². The summed E-state index contributed by atoms with van der Waals surface area (Å²) in [5.74, 6) is 1.93. The standard InChI is InChI=1S/C28H22N8O3/c1-2-3-23(37)31-17-10-16(12-29-13-17)19-5-6-20-25(32-19)26(36-35-20)28-33-24-18(8-9-30-27(24)34-28)15-4-7-21-22(11-15)39-14-38-21/h4-13H,2-3,14H2,1H3,(H,31,37)(H,35,36)(H,30,33,34). The molecule has 0 saturated carbocycles. The highest BCUT2D eigenvalue weighted by molar-refractivity contribution is 5.95. The predicted octanol–water partition coefficient (Wildman–Crippen LogP) is 5.09. The number of carbonyl (C=O) groups is 1. The van der Waals surface area contributed by atoms with Crippen LogP contribution in [0.25, 0.3) is 56.1 Å². The molecule has 6 aromatic rings. The number of hydrogen-bond acceptors (Lipinski definition) is 8. The van der Waals surface area contributed by atoms with Gasteiger partial charge in [0.1, 0.15) is 5.52 Å². The number of anilines is 1. The van der Waals surface area contributed by atoms with Gasteiger partial charge in [0, 0.05) is 29.9 Å². The number of aromatic nitrogens is 7. The summed E-state index contributed by atoms with van der Waals surface area (Å²) >= 11 is 0. The van der Waals surface area contributed by atoms with Gasteiger partial charge in [-0.15, -0.1) is 0 Å². The molecule has 39 heavy (non-hydrogen) atoms. The maximum atomic E-state index is 12.0. The zero-order chi connectivity index (χ0) is 26.3. The molecule has 0 fully saturated rings. The number of hydrogen-bond donors (Lipinski definition) is 3. The Hall–Kier alpha value is -5.32. The third kappa shape index (κ3) is 4.09. The van der Waals surface area contributed by atoms with E-state index < -0.39 is 0 Å².